The predicted octanol–water partition coefficient (Wildman–Crippen LogP) is 2.26. The highest BCUT2D eigenvalue weighted by atomic mass is 35.5. The zero-order valence-corrected chi connectivity index (χ0v) is 14.7. The average Bonchev–Trinajstić information content (AvgIpc) is 2.65. The lowest BCUT2D eigenvalue weighted by Crippen LogP contribution is -2.32. The standard InChI is InChI=1S/C18H17ClN2O5/c1-25-15-8-7-13(9-14(15)19)21-16(22)11-26-17(23)10-20-18(24)12-5-3-2-4-6-12/h2-9H,10-11H2,1H3,(H,20,24)(H,21,22). The van der Waals surface area contributed by atoms with E-state index in [1.807, 2.05) is 0 Å². The van der Waals surface area contributed by atoms with Crippen molar-refractivity contribution in [2.24, 2.45) is 0 Å². The molecule has 0 spiro atoms. The summed E-state index contributed by atoms with van der Waals surface area (Å²) in [5.41, 5.74) is 0.864. The van der Waals surface area contributed by atoms with Gasteiger partial charge in [0.15, 0.2) is 6.61 Å². The number of carbonyl (C=O) groups is 3. The lowest BCUT2D eigenvalue weighted by molar-refractivity contribution is -0.146. The predicted molar refractivity (Wildman–Crippen MR) is 96.4 cm³/mol. The summed E-state index contributed by atoms with van der Waals surface area (Å²) >= 11 is 5.96. The van der Waals surface area contributed by atoms with Crippen molar-refractivity contribution < 1.29 is 23.9 Å². The molecular weight excluding hydrogens is 360 g/mol. The smallest absolute Gasteiger partial charge is 0.325 e. The Morgan fingerprint density at radius 2 is 1.81 bits per heavy atom. The normalized spacial score (nSPS) is 9.92. The largest absolute Gasteiger partial charge is 0.495 e. The quantitative estimate of drug-likeness (QED) is 0.723. The van der Waals surface area contributed by atoms with E-state index >= 15 is 0 Å². The van der Waals surface area contributed by atoms with Gasteiger partial charge in [-0.2, -0.15) is 0 Å². The number of anilines is 1. The summed E-state index contributed by atoms with van der Waals surface area (Å²) < 4.78 is 9.83. The number of ether oxygens (including phenoxy) is 2. The van der Waals surface area contributed by atoms with E-state index in [0.29, 0.717) is 22.0 Å². The minimum Gasteiger partial charge on any atom is -0.495 e. The monoisotopic (exact) mass is 376 g/mol. The van der Waals surface area contributed by atoms with E-state index in [-0.39, 0.29) is 6.54 Å². The summed E-state index contributed by atoms with van der Waals surface area (Å²) in [5.74, 6) is -1.18. The summed E-state index contributed by atoms with van der Waals surface area (Å²) in [6.45, 7) is -0.820. The molecule has 7 nitrogen and oxygen atoms in total. The molecule has 0 aliphatic carbocycles. The number of esters is 1. The first kappa shape index (κ1) is 19.3. The van der Waals surface area contributed by atoms with Crippen LogP contribution in [0.3, 0.4) is 0 Å². The number of carbonyl (C=O) groups excluding carboxylic acids is 3. The Hall–Kier alpha value is -3.06. The van der Waals surface area contributed by atoms with E-state index in [0.717, 1.165) is 0 Å². The molecule has 136 valence electrons. The van der Waals surface area contributed by atoms with E-state index in [1.165, 1.54) is 13.2 Å². The Kier molecular flexibility index (Phi) is 6.99. The molecule has 0 radical (unpaired) electrons. The molecule has 0 bridgehead atoms. The SMILES string of the molecule is COc1ccc(NC(=O)COC(=O)CNC(=O)c2ccccc2)cc1Cl. The molecule has 2 aromatic carbocycles. The fraction of sp³-hybridized carbons (Fsp3) is 0.167. The van der Waals surface area contributed by atoms with Crippen LogP contribution in [0.1, 0.15) is 10.4 Å². The molecule has 0 aliphatic heterocycles. The lowest BCUT2D eigenvalue weighted by Gasteiger charge is -2.09. The Morgan fingerprint density at radius 3 is 2.46 bits per heavy atom. The fourth-order valence-electron chi connectivity index (χ4n) is 1.98. The molecule has 0 aliphatic rings. The van der Waals surface area contributed by atoms with Crippen molar-refractivity contribution in [3.63, 3.8) is 0 Å². The first-order chi connectivity index (χ1) is 12.5. The second-order valence-electron chi connectivity index (χ2n) is 5.11. The maximum absolute atomic E-state index is 11.8. The number of halogens is 1. The van der Waals surface area contributed by atoms with E-state index in [2.05, 4.69) is 10.6 Å². The molecular formula is C18H17ClN2O5. The number of methoxy groups -OCH3 is 1. The first-order valence-corrected chi connectivity index (χ1v) is 7.99. The Morgan fingerprint density at radius 1 is 1.08 bits per heavy atom. The second kappa shape index (κ2) is 9.43. The van der Waals surface area contributed by atoms with Crippen LogP contribution in [0.4, 0.5) is 5.69 Å². The van der Waals surface area contributed by atoms with Gasteiger partial charge in [0.1, 0.15) is 12.3 Å². The maximum atomic E-state index is 11.8. The third-order valence-electron chi connectivity index (χ3n) is 3.23. The van der Waals surface area contributed by atoms with Crippen molar-refractivity contribution >= 4 is 35.1 Å². The zero-order chi connectivity index (χ0) is 18.9. The van der Waals surface area contributed by atoms with Crippen molar-refractivity contribution in [1.82, 2.24) is 5.32 Å². The number of benzene rings is 2. The van der Waals surface area contributed by atoms with Gasteiger partial charge in [-0.25, -0.2) is 0 Å². The zero-order valence-electron chi connectivity index (χ0n) is 14.0. The number of hydrogen-bond acceptors (Lipinski definition) is 5. The first-order valence-electron chi connectivity index (χ1n) is 7.62. The highest BCUT2D eigenvalue weighted by molar-refractivity contribution is 6.32. The summed E-state index contributed by atoms with van der Waals surface area (Å²) in [7, 11) is 1.48. The molecule has 8 heteroatoms. The highest BCUT2D eigenvalue weighted by Gasteiger charge is 2.11. The molecule has 0 unspecified atom stereocenters. The van der Waals surface area contributed by atoms with Gasteiger partial charge in [0.2, 0.25) is 0 Å². The van der Waals surface area contributed by atoms with Crippen molar-refractivity contribution in [1.29, 1.82) is 0 Å². The van der Waals surface area contributed by atoms with Gasteiger partial charge < -0.3 is 20.1 Å². The van der Waals surface area contributed by atoms with Gasteiger partial charge in [0.25, 0.3) is 11.8 Å². The fourth-order valence-corrected chi connectivity index (χ4v) is 2.24. The van der Waals surface area contributed by atoms with Crippen molar-refractivity contribution in [2.45, 2.75) is 0 Å². The second-order valence-corrected chi connectivity index (χ2v) is 5.51. The highest BCUT2D eigenvalue weighted by Crippen LogP contribution is 2.27. The van der Waals surface area contributed by atoms with E-state index < -0.39 is 24.4 Å². The lowest BCUT2D eigenvalue weighted by atomic mass is 10.2. The van der Waals surface area contributed by atoms with Crippen molar-refractivity contribution in [2.75, 3.05) is 25.6 Å². The van der Waals surface area contributed by atoms with Gasteiger partial charge >= 0.3 is 5.97 Å². The molecule has 0 saturated heterocycles. The summed E-state index contributed by atoms with van der Waals surface area (Å²) in [6, 6.07) is 13.2. The number of amides is 2. The summed E-state index contributed by atoms with van der Waals surface area (Å²) in [5, 5.41) is 5.29. The van der Waals surface area contributed by atoms with Gasteiger partial charge in [-0.1, -0.05) is 29.8 Å². The Labute approximate surface area is 155 Å². The van der Waals surface area contributed by atoms with Crippen LogP contribution in [-0.4, -0.2) is 38.0 Å². The summed E-state index contributed by atoms with van der Waals surface area (Å²) in [4.78, 5) is 35.2. The van der Waals surface area contributed by atoms with E-state index in [9.17, 15) is 14.4 Å². The Balaban J connectivity index is 1.74. The third kappa shape index (κ3) is 5.78. The molecule has 2 N–H and O–H groups in total. The third-order valence-corrected chi connectivity index (χ3v) is 3.52. The number of nitrogens with one attached hydrogen (secondary N) is 2. The van der Waals surface area contributed by atoms with Crippen LogP contribution in [0, 0.1) is 0 Å². The van der Waals surface area contributed by atoms with Crippen LogP contribution in [0.5, 0.6) is 5.75 Å². The number of rotatable bonds is 7. The maximum Gasteiger partial charge on any atom is 0.325 e. The van der Waals surface area contributed by atoms with Gasteiger partial charge in [-0.15, -0.1) is 0 Å². The van der Waals surface area contributed by atoms with Crippen LogP contribution < -0.4 is 15.4 Å². The molecule has 2 rings (SSSR count). The van der Waals surface area contributed by atoms with Crippen LogP contribution >= 0.6 is 11.6 Å². The number of hydrogen-bond donors (Lipinski definition) is 2. The molecule has 0 aromatic heterocycles. The van der Waals surface area contributed by atoms with Crippen molar-refractivity contribution in [3.8, 4) is 5.75 Å². The molecule has 0 atom stereocenters. The van der Waals surface area contributed by atoms with Crippen LogP contribution in [0.25, 0.3) is 0 Å². The van der Waals surface area contributed by atoms with E-state index in [1.54, 1.807) is 42.5 Å². The van der Waals surface area contributed by atoms with Gasteiger partial charge in [0.05, 0.1) is 12.1 Å². The molecule has 2 amide bonds. The summed E-state index contributed by atoms with van der Waals surface area (Å²) in [6.07, 6.45) is 0. The van der Waals surface area contributed by atoms with Crippen LogP contribution in [-0.2, 0) is 14.3 Å². The minimum absolute atomic E-state index is 0.338. The Bertz CT molecular complexity index is 795. The van der Waals surface area contributed by atoms with Crippen molar-refractivity contribution in [3.05, 3.63) is 59.1 Å². The topological polar surface area (TPSA) is 93.7 Å². The molecule has 2 aromatic rings. The van der Waals surface area contributed by atoms with Gasteiger partial charge in [-0.05, 0) is 30.3 Å². The molecule has 26 heavy (non-hydrogen) atoms. The molecule has 0 fully saturated rings. The van der Waals surface area contributed by atoms with E-state index in [4.69, 9.17) is 21.1 Å². The molecule has 0 saturated carbocycles. The average molecular weight is 377 g/mol. The van der Waals surface area contributed by atoms with Crippen LogP contribution in [0.15, 0.2) is 48.5 Å². The van der Waals surface area contributed by atoms with Crippen LogP contribution in [0.2, 0.25) is 5.02 Å². The molecule has 0 heterocycles. The van der Waals surface area contributed by atoms with Gasteiger partial charge in [0, 0.05) is 11.3 Å². The van der Waals surface area contributed by atoms with Gasteiger partial charge in [-0.3, -0.25) is 14.4 Å². The minimum atomic E-state index is -0.725.